The molecule has 1 aliphatic heterocycles. The van der Waals surface area contributed by atoms with E-state index in [-0.39, 0.29) is 12.4 Å². The van der Waals surface area contributed by atoms with Crippen LogP contribution < -0.4 is 9.47 Å². The van der Waals surface area contributed by atoms with E-state index in [0.29, 0.717) is 0 Å². The van der Waals surface area contributed by atoms with Gasteiger partial charge in [-0.2, -0.15) is 4.73 Å². The van der Waals surface area contributed by atoms with Crippen molar-refractivity contribution in [3.63, 3.8) is 0 Å². The SMILES string of the molecule is CC1CCCN(CCCOc2ccc(-c3cc[n+]([O-])cc3)cc2)C1.Cl. The van der Waals surface area contributed by atoms with Crippen LogP contribution in [0.4, 0.5) is 0 Å². The second-order valence-electron chi connectivity index (χ2n) is 6.72. The summed E-state index contributed by atoms with van der Waals surface area (Å²) in [7, 11) is 0. The Kier molecular flexibility index (Phi) is 7.53. The van der Waals surface area contributed by atoms with Crippen LogP contribution in [0.25, 0.3) is 11.1 Å². The number of aromatic nitrogens is 1. The summed E-state index contributed by atoms with van der Waals surface area (Å²) in [4.78, 5) is 2.55. The fourth-order valence-corrected chi connectivity index (χ4v) is 3.32. The van der Waals surface area contributed by atoms with Crippen molar-refractivity contribution in [1.29, 1.82) is 0 Å². The number of piperidine rings is 1. The normalized spacial score (nSPS) is 17.7. The fourth-order valence-electron chi connectivity index (χ4n) is 3.32. The molecule has 25 heavy (non-hydrogen) atoms. The molecule has 1 aromatic carbocycles. The number of halogens is 1. The number of hydrogen-bond donors (Lipinski definition) is 0. The maximum Gasteiger partial charge on any atom is 0.180 e. The van der Waals surface area contributed by atoms with Gasteiger partial charge < -0.3 is 14.8 Å². The quantitative estimate of drug-likeness (QED) is 0.444. The molecule has 1 fully saturated rings. The zero-order valence-corrected chi connectivity index (χ0v) is 15.6. The van der Waals surface area contributed by atoms with Crippen molar-refractivity contribution < 1.29 is 9.47 Å². The molecule has 0 spiro atoms. The molecule has 1 aliphatic rings. The zero-order valence-electron chi connectivity index (χ0n) is 14.8. The van der Waals surface area contributed by atoms with Gasteiger partial charge in [0.2, 0.25) is 0 Å². The summed E-state index contributed by atoms with van der Waals surface area (Å²) in [5.74, 6) is 1.74. The highest BCUT2D eigenvalue weighted by Gasteiger charge is 2.15. The first kappa shape index (κ1) is 19.5. The molecule has 5 heteroatoms. The predicted molar refractivity (Wildman–Crippen MR) is 103 cm³/mol. The van der Waals surface area contributed by atoms with Gasteiger partial charge in [0.05, 0.1) is 6.61 Å². The minimum Gasteiger partial charge on any atom is -0.619 e. The second-order valence-corrected chi connectivity index (χ2v) is 6.72. The van der Waals surface area contributed by atoms with E-state index in [9.17, 15) is 5.21 Å². The molecule has 0 saturated carbocycles. The van der Waals surface area contributed by atoms with Gasteiger partial charge in [-0.1, -0.05) is 19.1 Å². The molecule has 1 aromatic heterocycles. The molecule has 1 saturated heterocycles. The lowest BCUT2D eigenvalue weighted by Gasteiger charge is -2.30. The van der Waals surface area contributed by atoms with E-state index in [0.717, 1.165) is 47.1 Å². The third-order valence-corrected chi connectivity index (χ3v) is 4.62. The Morgan fingerprint density at radius 1 is 1.12 bits per heavy atom. The smallest absolute Gasteiger partial charge is 0.180 e. The van der Waals surface area contributed by atoms with Crippen LogP contribution >= 0.6 is 12.4 Å². The van der Waals surface area contributed by atoms with Crippen molar-refractivity contribution in [2.75, 3.05) is 26.2 Å². The molecule has 2 aromatic rings. The van der Waals surface area contributed by atoms with Gasteiger partial charge >= 0.3 is 0 Å². The van der Waals surface area contributed by atoms with E-state index in [1.54, 1.807) is 0 Å². The lowest BCUT2D eigenvalue weighted by atomic mass is 10.0. The third-order valence-electron chi connectivity index (χ3n) is 4.62. The molecule has 0 bridgehead atoms. The number of rotatable bonds is 6. The summed E-state index contributed by atoms with van der Waals surface area (Å²) in [6.45, 7) is 6.69. The lowest BCUT2D eigenvalue weighted by Crippen LogP contribution is -2.35. The number of hydrogen-bond acceptors (Lipinski definition) is 3. The first-order chi connectivity index (χ1) is 11.7. The van der Waals surface area contributed by atoms with E-state index >= 15 is 0 Å². The number of likely N-dealkylation sites (tertiary alicyclic amines) is 1. The monoisotopic (exact) mass is 362 g/mol. The lowest BCUT2D eigenvalue weighted by molar-refractivity contribution is -0.605. The third kappa shape index (κ3) is 5.91. The van der Waals surface area contributed by atoms with E-state index < -0.39 is 0 Å². The van der Waals surface area contributed by atoms with Crippen LogP contribution in [0.1, 0.15) is 26.2 Å². The Hall–Kier alpha value is -1.78. The molecule has 1 unspecified atom stereocenters. The van der Waals surface area contributed by atoms with Gasteiger partial charge in [-0.3, -0.25) is 0 Å². The van der Waals surface area contributed by atoms with Crippen LogP contribution in [-0.2, 0) is 0 Å². The first-order valence-electron chi connectivity index (χ1n) is 8.85. The van der Waals surface area contributed by atoms with Gasteiger partial charge in [-0.25, -0.2) is 0 Å². The Balaban J connectivity index is 0.00000225. The molecular formula is C20H27ClN2O2. The Bertz CT molecular complexity index is 631. The molecule has 0 N–H and O–H groups in total. The van der Waals surface area contributed by atoms with Crippen molar-refractivity contribution in [2.45, 2.75) is 26.2 Å². The Morgan fingerprint density at radius 2 is 1.80 bits per heavy atom. The Labute approximate surface area is 156 Å². The number of benzene rings is 1. The van der Waals surface area contributed by atoms with Gasteiger partial charge in [-0.05, 0) is 55.0 Å². The summed E-state index contributed by atoms with van der Waals surface area (Å²) in [6.07, 6.45) is 6.80. The molecule has 0 radical (unpaired) electrons. The summed E-state index contributed by atoms with van der Waals surface area (Å²) in [5, 5.41) is 11.1. The van der Waals surface area contributed by atoms with Crippen molar-refractivity contribution in [3.8, 4) is 16.9 Å². The Morgan fingerprint density at radius 3 is 2.48 bits per heavy atom. The predicted octanol–water partition coefficient (Wildman–Crippen LogP) is 3.91. The molecule has 2 heterocycles. The van der Waals surface area contributed by atoms with Gasteiger partial charge in [0.1, 0.15) is 5.75 Å². The van der Waals surface area contributed by atoms with E-state index in [4.69, 9.17) is 4.74 Å². The average Bonchev–Trinajstić information content (AvgIpc) is 2.60. The summed E-state index contributed by atoms with van der Waals surface area (Å²) in [6, 6.07) is 11.7. The van der Waals surface area contributed by atoms with Crippen LogP contribution in [-0.4, -0.2) is 31.1 Å². The van der Waals surface area contributed by atoms with E-state index in [2.05, 4.69) is 11.8 Å². The maximum absolute atomic E-state index is 11.1. The number of ether oxygens (including phenoxy) is 1. The first-order valence-corrected chi connectivity index (χ1v) is 8.85. The van der Waals surface area contributed by atoms with Crippen LogP contribution in [0.5, 0.6) is 5.75 Å². The maximum atomic E-state index is 11.1. The highest BCUT2D eigenvalue weighted by molar-refractivity contribution is 5.85. The molecule has 1 atom stereocenters. The standard InChI is InChI=1S/C20H26N2O2.ClH/c1-17-4-2-11-21(16-17)12-3-15-24-20-7-5-18(6-8-20)19-9-13-22(23)14-10-19;/h5-10,13-14,17H,2-4,11-12,15-16H2,1H3;1H. The number of nitrogens with zero attached hydrogens (tertiary/aromatic N) is 2. The van der Waals surface area contributed by atoms with Crippen molar-refractivity contribution in [2.24, 2.45) is 5.92 Å². The fraction of sp³-hybridized carbons (Fsp3) is 0.450. The second kappa shape index (κ2) is 9.64. The zero-order chi connectivity index (χ0) is 16.8. The van der Waals surface area contributed by atoms with Crippen LogP contribution in [0.15, 0.2) is 48.8 Å². The summed E-state index contributed by atoms with van der Waals surface area (Å²) >= 11 is 0. The highest BCUT2D eigenvalue weighted by atomic mass is 35.5. The van der Waals surface area contributed by atoms with Gasteiger partial charge in [0, 0.05) is 25.2 Å². The largest absolute Gasteiger partial charge is 0.619 e. The van der Waals surface area contributed by atoms with Crippen LogP contribution in [0.3, 0.4) is 0 Å². The minimum absolute atomic E-state index is 0. The average molecular weight is 363 g/mol. The summed E-state index contributed by atoms with van der Waals surface area (Å²) in [5.41, 5.74) is 2.12. The van der Waals surface area contributed by atoms with Gasteiger partial charge in [0.25, 0.3) is 0 Å². The van der Waals surface area contributed by atoms with E-state index in [1.165, 1.54) is 38.3 Å². The van der Waals surface area contributed by atoms with Crippen molar-refractivity contribution in [3.05, 3.63) is 54.0 Å². The molecule has 0 aliphatic carbocycles. The van der Waals surface area contributed by atoms with Gasteiger partial charge in [0.15, 0.2) is 12.4 Å². The van der Waals surface area contributed by atoms with Crippen molar-refractivity contribution >= 4 is 12.4 Å². The molecule has 4 nitrogen and oxygen atoms in total. The number of pyridine rings is 1. The van der Waals surface area contributed by atoms with Gasteiger partial charge in [-0.15, -0.1) is 12.4 Å². The molecular weight excluding hydrogens is 336 g/mol. The minimum atomic E-state index is 0. The van der Waals surface area contributed by atoms with Crippen LogP contribution in [0, 0.1) is 11.1 Å². The highest BCUT2D eigenvalue weighted by Crippen LogP contribution is 2.21. The summed E-state index contributed by atoms with van der Waals surface area (Å²) < 4.78 is 6.65. The van der Waals surface area contributed by atoms with Crippen LogP contribution in [0.2, 0.25) is 0 Å². The molecule has 3 rings (SSSR count). The van der Waals surface area contributed by atoms with E-state index in [1.807, 2.05) is 36.4 Å². The molecule has 136 valence electrons. The topological polar surface area (TPSA) is 39.4 Å². The molecule has 0 amide bonds. The van der Waals surface area contributed by atoms with Crippen molar-refractivity contribution in [1.82, 2.24) is 4.90 Å².